The van der Waals surface area contributed by atoms with E-state index in [1.165, 1.54) is 31.5 Å². The molecule has 2 aromatic heterocycles. The lowest BCUT2D eigenvalue weighted by Crippen LogP contribution is -2.47. The number of nitrogens with zero attached hydrogens (tertiary/aromatic N) is 3. The third-order valence-electron chi connectivity index (χ3n) is 8.09. The van der Waals surface area contributed by atoms with Crippen LogP contribution in [0.1, 0.15) is 43.4 Å². The Hall–Kier alpha value is -2.94. The molecular formula is C30H42N6O2. The first kappa shape index (κ1) is 26.7. The topological polar surface area (TPSA) is 99.5 Å². The quantitative estimate of drug-likeness (QED) is 0.340. The SMILES string of the molecule is COc1ccc(CC2CC(C(=O)NCc3cc4cccnc4[nH]3)N(CC(N)CCCN3CCCC3)C2)cc1. The maximum atomic E-state index is 13.4. The Kier molecular flexibility index (Phi) is 8.94. The van der Waals surface area contributed by atoms with Gasteiger partial charge >= 0.3 is 0 Å². The zero-order chi connectivity index (χ0) is 26.3. The van der Waals surface area contributed by atoms with Crippen molar-refractivity contribution in [1.29, 1.82) is 0 Å². The molecule has 2 fully saturated rings. The molecule has 38 heavy (non-hydrogen) atoms. The molecule has 3 atom stereocenters. The predicted molar refractivity (Wildman–Crippen MR) is 151 cm³/mol. The largest absolute Gasteiger partial charge is 0.497 e. The van der Waals surface area contributed by atoms with E-state index in [0.717, 1.165) is 67.8 Å². The van der Waals surface area contributed by atoms with Gasteiger partial charge in [-0.2, -0.15) is 0 Å². The number of likely N-dealkylation sites (tertiary alicyclic amines) is 2. The summed E-state index contributed by atoms with van der Waals surface area (Å²) in [6.45, 7) is 5.70. The van der Waals surface area contributed by atoms with E-state index in [1.807, 2.05) is 24.3 Å². The van der Waals surface area contributed by atoms with E-state index in [9.17, 15) is 4.79 Å². The first-order valence-electron chi connectivity index (χ1n) is 14.1. The van der Waals surface area contributed by atoms with Crippen LogP contribution >= 0.6 is 0 Å². The molecule has 3 unspecified atom stereocenters. The smallest absolute Gasteiger partial charge is 0.237 e. The fourth-order valence-electron chi connectivity index (χ4n) is 6.10. The average Bonchev–Trinajstić information content (AvgIpc) is 3.68. The fourth-order valence-corrected chi connectivity index (χ4v) is 6.10. The molecule has 8 nitrogen and oxygen atoms in total. The molecule has 204 valence electrons. The van der Waals surface area contributed by atoms with Gasteiger partial charge in [0.15, 0.2) is 0 Å². The van der Waals surface area contributed by atoms with Crippen molar-refractivity contribution in [3.8, 4) is 5.75 Å². The summed E-state index contributed by atoms with van der Waals surface area (Å²) < 4.78 is 5.31. The van der Waals surface area contributed by atoms with Crippen LogP contribution in [0, 0.1) is 5.92 Å². The number of amides is 1. The summed E-state index contributed by atoms with van der Waals surface area (Å²) in [7, 11) is 1.69. The van der Waals surface area contributed by atoms with Crippen LogP contribution in [-0.4, -0.2) is 77.6 Å². The molecule has 5 rings (SSSR count). The first-order valence-corrected chi connectivity index (χ1v) is 14.1. The summed E-state index contributed by atoms with van der Waals surface area (Å²) in [5.74, 6) is 1.36. The molecule has 4 heterocycles. The van der Waals surface area contributed by atoms with Crippen LogP contribution in [0.4, 0.5) is 0 Å². The molecule has 2 saturated heterocycles. The van der Waals surface area contributed by atoms with Crippen molar-refractivity contribution in [2.24, 2.45) is 11.7 Å². The molecule has 2 aliphatic heterocycles. The summed E-state index contributed by atoms with van der Waals surface area (Å²) in [6, 6.07) is 14.2. The van der Waals surface area contributed by atoms with Gasteiger partial charge in [-0.1, -0.05) is 12.1 Å². The van der Waals surface area contributed by atoms with Crippen LogP contribution in [0.15, 0.2) is 48.7 Å². The fraction of sp³-hybridized carbons (Fsp3) is 0.533. The van der Waals surface area contributed by atoms with Gasteiger partial charge in [-0.25, -0.2) is 4.98 Å². The number of carbonyl (C=O) groups excluding carboxylic acids is 1. The Morgan fingerprint density at radius 3 is 2.82 bits per heavy atom. The van der Waals surface area contributed by atoms with Gasteiger partial charge in [0.05, 0.1) is 19.7 Å². The maximum Gasteiger partial charge on any atom is 0.237 e. The Morgan fingerprint density at radius 2 is 2.05 bits per heavy atom. The second kappa shape index (κ2) is 12.7. The number of hydrogen-bond acceptors (Lipinski definition) is 6. The van der Waals surface area contributed by atoms with E-state index < -0.39 is 0 Å². The van der Waals surface area contributed by atoms with Crippen LogP contribution in [0.5, 0.6) is 5.75 Å². The lowest BCUT2D eigenvalue weighted by atomic mass is 9.96. The van der Waals surface area contributed by atoms with E-state index in [1.54, 1.807) is 13.3 Å². The van der Waals surface area contributed by atoms with Crippen LogP contribution in [0.2, 0.25) is 0 Å². The molecule has 1 aromatic carbocycles. The van der Waals surface area contributed by atoms with Gasteiger partial charge in [-0.05, 0) is 100.0 Å². The van der Waals surface area contributed by atoms with Crippen LogP contribution in [0.3, 0.4) is 0 Å². The molecule has 0 radical (unpaired) electrons. The van der Waals surface area contributed by atoms with Crippen LogP contribution in [-0.2, 0) is 17.8 Å². The lowest BCUT2D eigenvalue weighted by molar-refractivity contribution is -0.125. The number of nitrogens with one attached hydrogen (secondary N) is 2. The highest BCUT2D eigenvalue weighted by atomic mass is 16.5. The summed E-state index contributed by atoms with van der Waals surface area (Å²) in [6.07, 6.45) is 8.31. The Bertz CT molecular complexity index is 1140. The summed E-state index contributed by atoms with van der Waals surface area (Å²) >= 11 is 0. The molecule has 0 aliphatic carbocycles. The minimum Gasteiger partial charge on any atom is -0.497 e. The minimum absolute atomic E-state index is 0.0763. The third-order valence-corrected chi connectivity index (χ3v) is 8.09. The standard InChI is InChI=1S/C30H42N6O2/c1-38-27-10-8-22(9-11-27)16-23-17-28(30(37)33-19-26-18-24-6-4-12-32-29(24)34-26)36(20-23)21-25(31)7-5-15-35-13-2-3-14-35/h4,6,8-12,18,23,25,28H,2-3,5,7,13-17,19-21,31H2,1H3,(H,32,34)(H,33,37). The number of aromatic nitrogens is 2. The highest BCUT2D eigenvalue weighted by Crippen LogP contribution is 2.28. The average molecular weight is 519 g/mol. The summed E-state index contributed by atoms with van der Waals surface area (Å²) in [5, 5.41) is 4.24. The van der Waals surface area contributed by atoms with Crippen molar-refractivity contribution in [1.82, 2.24) is 25.1 Å². The van der Waals surface area contributed by atoms with Crippen LogP contribution < -0.4 is 15.8 Å². The number of rotatable bonds is 12. The Labute approximate surface area is 225 Å². The Morgan fingerprint density at radius 1 is 1.24 bits per heavy atom. The number of nitrogens with two attached hydrogens (primary N) is 1. The number of pyridine rings is 1. The molecule has 0 bridgehead atoms. The molecular weight excluding hydrogens is 476 g/mol. The summed E-state index contributed by atoms with van der Waals surface area (Å²) in [5.41, 5.74) is 9.71. The Balaban J connectivity index is 1.19. The van der Waals surface area contributed by atoms with Gasteiger partial charge in [0, 0.05) is 36.4 Å². The van der Waals surface area contributed by atoms with E-state index in [-0.39, 0.29) is 18.0 Å². The zero-order valence-electron chi connectivity index (χ0n) is 22.6. The van der Waals surface area contributed by atoms with Gasteiger partial charge < -0.3 is 25.7 Å². The maximum absolute atomic E-state index is 13.4. The van der Waals surface area contributed by atoms with E-state index in [4.69, 9.17) is 10.5 Å². The van der Waals surface area contributed by atoms with Crippen molar-refractivity contribution < 1.29 is 9.53 Å². The van der Waals surface area contributed by atoms with Crippen LogP contribution in [0.25, 0.3) is 11.0 Å². The van der Waals surface area contributed by atoms with Crippen molar-refractivity contribution in [2.45, 2.75) is 57.2 Å². The van der Waals surface area contributed by atoms with Crippen molar-refractivity contribution in [2.75, 3.05) is 39.8 Å². The van der Waals surface area contributed by atoms with Gasteiger partial charge in [-0.15, -0.1) is 0 Å². The normalized spacial score (nSPS) is 21.2. The lowest BCUT2D eigenvalue weighted by Gasteiger charge is -2.27. The second-order valence-electron chi connectivity index (χ2n) is 11.0. The number of H-pyrrole nitrogens is 1. The monoisotopic (exact) mass is 518 g/mol. The van der Waals surface area contributed by atoms with Gasteiger partial charge in [0.2, 0.25) is 5.91 Å². The number of carbonyl (C=O) groups is 1. The predicted octanol–water partition coefficient (Wildman–Crippen LogP) is 3.32. The molecule has 3 aromatic rings. The van der Waals surface area contributed by atoms with E-state index >= 15 is 0 Å². The number of hydrogen-bond donors (Lipinski definition) is 3. The van der Waals surface area contributed by atoms with Crippen molar-refractivity contribution in [3.63, 3.8) is 0 Å². The van der Waals surface area contributed by atoms with Crippen molar-refractivity contribution in [3.05, 3.63) is 59.9 Å². The van der Waals surface area contributed by atoms with E-state index in [2.05, 4.69) is 43.3 Å². The second-order valence-corrected chi connectivity index (χ2v) is 11.0. The highest BCUT2D eigenvalue weighted by molar-refractivity contribution is 5.82. The molecule has 1 amide bonds. The number of benzene rings is 1. The number of fused-ring (bicyclic) bond motifs is 1. The summed E-state index contributed by atoms with van der Waals surface area (Å²) in [4.78, 5) is 26.0. The number of aromatic amines is 1. The molecule has 4 N–H and O–H groups in total. The minimum atomic E-state index is -0.162. The van der Waals surface area contributed by atoms with Crippen molar-refractivity contribution >= 4 is 16.9 Å². The molecule has 8 heteroatoms. The van der Waals surface area contributed by atoms with Gasteiger partial charge in [0.1, 0.15) is 11.4 Å². The third kappa shape index (κ3) is 6.92. The first-order chi connectivity index (χ1) is 18.6. The number of methoxy groups -OCH3 is 1. The molecule has 2 aliphatic rings. The zero-order valence-corrected chi connectivity index (χ0v) is 22.6. The molecule has 0 saturated carbocycles. The van der Waals surface area contributed by atoms with Gasteiger partial charge in [0.25, 0.3) is 0 Å². The number of ether oxygens (including phenoxy) is 1. The van der Waals surface area contributed by atoms with E-state index in [0.29, 0.717) is 12.5 Å². The highest BCUT2D eigenvalue weighted by Gasteiger charge is 2.37. The molecule has 0 spiro atoms. The van der Waals surface area contributed by atoms with Gasteiger partial charge in [-0.3, -0.25) is 9.69 Å².